The summed E-state index contributed by atoms with van der Waals surface area (Å²) in [5.41, 5.74) is 3.29. The third-order valence-corrected chi connectivity index (χ3v) is 2.69. The second-order valence-corrected chi connectivity index (χ2v) is 4.30. The molecule has 2 amide bonds. The zero-order chi connectivity index (χ0) is 15.8. The lowest BCUT2D eigenvalue weighted by atomic mass is 10.2. The molecule has 1 heterocycles. The molecule has 2 rings (SSSR count). The standard InChI is InChI=1S/C15H14N4O3/c20-13-6-2-1-5-12(13)10-18-19-15(22)14(21)17-9-11-4-3-7-16-8-11/h1-8,10,20H,9H2,(H,17,21)(H,19,22)/b18-10-. The van der Waals surface area contributed by atoms with Crippen molar-refractivity contribution in [2.75, 3.05) is 0 Å². The third kappa shape index (κ3) is 4.41. The highest BCUT2D eigenvalue weighted by Crippen LogP contribution is 2.12. The molecular formula is C15H14N4O3. The highest BCUT2D eigenvalue weighted by Gasteiger charge is 2.11. The zero-order valence-corrected chi connectivity index (χ0v) is 11.6. The number of carbonyl (C=O) groups is 2. The number of para-hydroxylation sites is 1. The van der Waals surface area contributed by atoms with Crippen LogP contribution in [-0.4, -0.2) is 28.1 Å². The summed E-state index contributed by atoms with van der Waals surface area (Å²) in [6.45, 7) is 0.198. The smallest absolute Gasteiger partial charge is 0.329 e. The van der Waals surface area contributed by atoms with Crippen molar-refractivity contribution in [3.05, 3.63) is 59.9 Å². The molecular weight excluding hydrogens is 284 g/mol. The van der Waals surface area contributed by atoms with Crippen molar-refractivity contribution in [3.63, 3.8) is 0 Å². The van der Waals surface area contributed by atoms with Crippen LogP contribution in [0.4, 0.5) is 0 Å². The Balaban J connectivity index is 1.82. The molecule has 0 spiro atoms. The number of phenols is 1. The van der Waals surface area contributed by atoms with Gasteiger partial charge in [-0.05, 0) is 23.8 Å². The lowest BCUT2D eigenvalue weighted by Gasteiger charge is -2.03. The average molecular weight is 298 g/mol. The average Bonchev–Trinajstić information content (AvgIpc) is 2.55. The van der Waals surface area contributed by atoms with Gasteiger partial charge in [-0.3, -0.25) is 14.6 Å². The Labute approximate surface area is 126 Å². The predicted molar refractivity (Wildman–Crippen MR) is 79.9 cm³/mol. The van der Waals surface area contributed by atoms with E-state index >= 15 is 0 Å². The van der Waals surface area contributed by atoms with Gasteiger partial charge in [0.05, 0.1) is 6.21 Å². The fourth-order valence-electron chi connectivity index (χ4n) is 1.57. The maximum atomic E-state index is 11.6. The topological polar surface area (TPSA) is 104 Å². The molecule has 22 heavy (non-hydrogen) atoms. The van der Waals surface area contributed by atoms with Crippen LogP contribution in [0.25, 0.3) is 0 Å². The van der Waals surface area contributed by atoms with E-state index in [0.29, 0.717) is 5.56 Å². The Hall–Kier alpha value is -3.22. The summed E-state index contributed by atoms with van der Waals surface area (Å²) in [6, 6.07) is 10.00. The van der Waals surface area contributed by atoms with Gasteiger partial charge in [0.15, 0.2) is 0 Å². The third-order valence-electron chi connectivity index (χ3n) is 2.69. The summed E-state index contributed by atoms with van der Waals surface area (Å²) in [6.07, 6.45) is 4.46. The minimum atomic E-state index is -0.893. The zero-order valence-electron chi connectivity index (χ0n) is 11.6. The number of benzene rings is 1. The molecule has 1 aromatic carbocycles. The number of pyridine rings is 1. The summed E-state index contributed by atoms with van der Waals surface area (Å²) < 4.78 is 0. The number of hydrogen-bond acceptors (Lipinski definition) is 5. The Morgan fingerprint density at radius 3 is 2.73 bits per heavy atom. The predicted octanol–water partition coefficient (Wildman–Crippen LogP) is 0.554. The normalized spacial score (nSPS) is 10.4. The molecule has 2 aromatic rings. The molecule has 112 valence electrons. The molecule has 0 aliphatic carbocycles. The van der Waals surface area contributed by atoms with E-state index in [0.717, 1.165) is 5.56 Å². The minimum absolute atomic E-state index is 0.0292. The number of hydrazone groups is 1. The molecule has 1 aromatic heterocycles. The first-order valence-electron chi connectivity index (χ1n) is 6.45. The quantitative estimate of drug-likeness (QED) is 0.435. The molecule has 0 saturated carbocycles. The number of carbonyl (C=O) groups excluding carboxylic acids is 2. The SMILES string of the molecule is O=C(NCc1cccnc1)C(=O)N/N=C\c1ccccc1O. The highest BCUT2D eigenvalue weighted by molar-refractivity contribution is 6.35. The first kappa shape index (κ1) is 15.2. The summed E-state index contributed by atoms with van der Waals surface area (Å²) >= 11 is 0. The van der Waals surface area contributed by atoms with Crippen LogP contribution < -0.4 is 10.7 Å². The van der Waals surface area contributed by atoms with Crippen LogP contribution in [0, 0.1) is 0 Å². The number of aromatic nitrogens is 1. The van der Waals surface area contributed by atoms with Gasteiger partial charge in [0.25, 0.3) is 0 Å². The molecule has 7 nitrogen and oxygen atoms in total. The van der Waals surface area contributed by atoms with Crippen LogP contribution in [0.5, 0.6) is 5.75 Å². The van der Waals surface area contributed by atoms with E-state index in [-0.39, 0.29) is 12.3 Å². The van der Waals surface area contributed by atoms with Crippen LogP contribution in [0.1, 0.15) is 11.1 Å². The molecule has 3 N–H and O–H groups in total. The minimum Gasteiger partial charge on any atom is -0.507 e. The molecule has 0 atom stereocenters. The number of aromatic hydroxyl groups is 1. The molecule has 7 heteroatoms. The molecule has 0 aliphatic rings. The van der Waals surface area contributed by atoms with Crippen molar-refractivity contribution in [2.24, 2.45) is 5.10 Å². The first-order valence-corrected chi connectivity index (χ1v) is 6.45. The largest absolute Gasteiger partial charge is 0.507 e. The van der Waals surface area contributed by atoms with Crippen molar-refractivity contribution in [1.29, 1.82) is 0 Å². The van der Waals surface area contributed by atoms with E-state index in [1.54, 1.807) is 42.7 Å². The van der Waals surface area contributed by atoms with Crippen molar-refractivity contribution in [2.45, 2.75) is 6.54 Å². The number of rotatable bonds is 4. The molecule has 0 saturated heterocycles. The number of hydrogen-bond donors (Lipinski definition) is 3. The van der Waals surface area contributed by atoms with Crippen LogP contribution in [0.15, 0.2) is 53.9 Å². The van der Waals surface area contributed by atoms with Gasteiger partial charge in [0, 0.05) is 24.5 Å². The first-order chi connectivity index (χ1) is 10.7. The lowest BCUT2D eigenvalue weighted by molar-refractivity contribution is -0.139. The van der Waals surface area contributed by atoms with Gasteiger partial charge in [-0.1, -0.05) is 18.2 Å². The van der Waals surface area contributed by atoms with Crippen LogP contribution in [0.3, 0.4) is 0 Å². The van der Waals surface area contributed by atoms with Gasteiger partial charge in [0.2, 0.25) is 0 Å². The number of amides is 2. The number of phenolic OH excluding ortho intramolecular Hbond substituents is 1. The Kier molecular flexibility index (Phi) is 5.20. The van der Waals surface area contributed by atoms with E-state index in [4.69, 9.17) is 0 Å². The Morgan fingerprint density at radius 1 is 1.18 bits per heavy atom. The van der Waals surface area contributed by atoms with Crippen LogP contribution in [0.2, 0.25) is 0 Å². The van der Waals surface area contributed by atoms with Crippen molar-refractivity contribution >= 4 is 18.0 Å². The number of nitrogens with one attached hydrogen (secondary N) is 2. The van der Waals surface area contributed by atoms with Gasteiger partial charge < -0.3 is 10.4 Å². The molecule has 0 unspecified atom stereocenters. The maximum Gasteiger partial charge on any atom is 0.329 e. The fourth-order valence-corrected chi connectivity index (χ4v) is 1.57. The van der Waals surface area contributed by atoms with Crippen molar-refractivity contribution in [3.8, 4) is 5.75 Å². The second kappa shape index (κ2) is 7.53. The van der Waals surface area contributed by atoms with Gasteiger partial charge in [-0.15, -0.1) is 0 Å². The number of nitrogens with zero attached hydrogens (tertiary/aromatic N) is 2. The summed E-state index contributed by atoms with van der Waals surface area (Å²) in [5, 5.41) is 15.6. The van der Waals surface area contributed by atoms with Gasteiger partial charge in [-0.25, -0.2) is 5.43 Å². The molecule has 0 fully saturated rings. The molecule has 0 bridgehead atoms. The van der Waals surface area contributed by atoms with Crippen LogP contribution in [-0.2, 0) is 16.1 Å². The second-order valence-electron chi connectivity index (χ2n) is 4.30. The fraction of sp³-hybridized carbons (Fsp3) is 0.0667. The van der Waals surface area contributed by atoms with Gasteiger partial charge in [0.1, 0.15) is 5.75 Å². The Bertz CT molecular complexity index is 686. The van der Waals surface area contributed by atoms with Crippen molar-refractivity contribution in [1.82, 2.24) is 15.7 Å². The van der Waals surface area contributed by atoms with Gasteiger partial charge in [-0.2, -0.15) is 5.10 Å². The van der Waals surface area contributed by atoms with E-state index in [1.807, 2.05) is 0 Å². The summed E-state index contributed by atoms with van der Waals surface area (Å²) in [5.74, 6) is -1.67. The summed E-state index contributed by atoms with van der Waals surface area (Å²) in [7, 11) is 0. The lowest BCUT2D eigenvalue weighted by Crippen LogP contribution is -2.37. The van der Waals surface area contributed by atoms with Gasteiger partial charge >= 0.3 is 11.8 Å². The summed E-state index contributed by atoms with van der Waals surface area (Å²) in [4.78, 5) is 27.0. The van der Waals surface area contributed by atoms with Crippen molar-refractivity contribution < 1.29 is 14.7 Å². The van der Waals surface area contributed by atoms with E-state index < -0.39 is 11.8 Å². The molecule has 0 radical (unpaired) electrons. The van der Waals surface area contributed by atoms with E-state index in [9.17, 15) is 14.7 Å². The van der Waals surface area contributed by atoms with E-state index in [1.165, 1.54) is 12.3 Å². The highest BCUT2D eigenvalue weighted by atomic mass is 16.3. The van der Waals surface area contributed by atoms with E-state index in [2.05, 4.69) is 20.8 Å². The molecule has 0 aliphatic heterocycles. The van der Waals surface area contributed by atoms with Crippen LogP contribution >= 0.6 is 0 Å². The Morgan fingerprint density at radius 2 is 2.00 bits per heavy atom. The monoisotopic (exact) mass is 298 g/mol. The maximum absolute atomic E-state index is 11.6.